The van der Waals surface area contributed by atoms with Crippen LogP contribution in [0.1, 0.15) is 15.9 Å². The van der Waals surface area contributed by atoms with Gasteiger partial charge in [-0.1, -0.05) is 0 Å². The number of halogens is 1. The van der Waals surface area contributed by atoms with Gasteiger partial charge in [0.2, 0.25) is 0 Å². The summed E-state index contributed by atoms with van der Waals surface area (Å²) in [7, 11) is 1.67. The minimum atomic E-state index is -0.796. The number of hydrogen-bond donors (Lipinski definition) is 1. The van der Waals surface area contributed by atoms with E-state index in [2.05, 4.69) is 10.4 Å². The highest BCUT2D eigenvalue weighted by Crippen LogP contribution is 2.23. The van der Waals surface area contributed by atoms with Crippen molar-refractivity contribution in [2.75, 3.05) is 5.32 Å². The lowest BCUT2D eigenvalue weighted by molar-refractivity contribution is -0.385. The first-order valence-electron chi connectivity index (χ1n) is 5.63. The van der Waals surface area contributed by atoms with E-state index in [-0.39, 0.29) is 11.1 Å². The van der Waals surface area contributed by atoms with Gasteiger partial charge in [0.15, 0.2) is 0 Å². The van der Waals surface area contributed by atoms with Gasteiger partial charge in [0.1, 0.15) is 5.82 Å². The van der Waals surface area contributed by atoms with Crippen molar-refractivity contribution in [3.8, 4) is 0 Å². The van der Waals surface area contributed by atoms with E-state index in [9.17, 15) is 19.3 Å². The molecule has 0 saturated carbocycles. The number of rotatable bonds is 3. The van der Waals surface area contributed by atoms with Crippen molar-refractivity contribution in [1.82, 2.24) is 9.78 Å². The Morgan fingerprint density at radius 3 is 2.75 bits per heavy atom. The number of carbonyl (C=O) groups is 1. The Labute approximate surface area is 113 Å². The van der Waals surface area contributed by atoms with Gasteiger partial charge in [0.25, 0.3) is 11.6 Å². The molecule has 1 aromatic heterocycles. The number of aryl methyl sites for hydroxylation is 1. The van der Waals surface area contributed by atoms with E-state index in [0.29, 0.717) is 5.69 Å². The molecule has 20 heavy (non-hydrogen) atoms. The number of anilines is 1. The molecule has 0 unspecified atom stereocenters. The molecule has 0 aliphatic carbocycles. The molecule has 1 aromatic carbocycles. The number of amides is 1. The Bertz CT molecular complexity index is 696. The van der Waals surface area contributed by atoms with Gasteiger partial charge in [-0.05, 0) is 13.0 Å². The van der Waals surface area contributed by atoms with Crippen LogP contribution in [0.3, 0.4) is 0 Å². The Morgan fingerprint density at radius 1 is 1.50 bits per heavy atom. The normalized spacial score (nSPS) is 10.3. The maximum Gasteiger partial charge on any atom is 0.276 e. The molecule has 0 atom stereocenters. The zero-order valence-corrected chi connectivity index (χ0v) is 10.8. The van der Waals surface area contributed by atoms with E-state index in [1.165, 1.54) is 17.8 Å². The summed E-state index contributed by atoms with van der Waals surface area (Å²) >= 11 is 0. The molecule has 1 amide bonds. The van der Waals surface area contributed by atoms with Crippen LogP contribution in [0, 0.1) is 22.9 Å². The van der Waals surface area contributed by atoms with Gasteiger partial charge in [-0.15, -0.1) is 0 Å². The van der Waals surface area contributed by atoms with Crippen LogP contribution in [0.15, 0.2) is 24.5 Å². The van der Waals surface area contributed by atoms with E-state index in [4.69, 9.17) is 0 Å². The third-order valence-corrected chi connectivity index (χ3v) is 2.74. The molecule has 1 N–H and O–H groups in total. The summed E-state index contributed by atoms with van der Waals surface area (Å²) in [6.07, 6.45) is 2.97. The molecular weight excluding hydrogens is 267 g/mol. The molecule has 2 aromatic rings. The van der Waals surface area contributed by atoms with E-state index in [1.54, 1.807) is 13.2 Å². The minimum absolute atomic E-state index is 0.104. The predicted molar refractivity (Wildman–Crippen MR) is 69.0 cm³/mol. The fourth-order valence-electron chi connectivity index (χ4n) is 1.67. The van der Waals surface area contributed by atoms with Gasteiger partial charge in [-0.25, -0.2) is 4.39 Å². The summed E-state index contributed by atoms with van der Waals surface area (Å²) < 4.78 is 15.1. The van der Waals surface area contributed by atoms with Gasteiger partial charge >= 0.3 is 0 Å². The standard InChI is InChI=1S/C12H11FN4O3/c1-7-10(13)3-8(4-11(7)17(19)20)12(18)15-9-5-14-16(2)6-9/h3-6H,1-2H3,(H,15,18). The molecule has 0 bridgehead atoms. The number of aromatic nitrogens is 2. The summed E-state index contributed by atoms with van der Waals surface area (Å²) in [5.74, 6) is -1.43. The zero-order valence-electron chi connectivity index (χ0n) is 10.8. The molecule has 2 rings (SSSR count). The van der Waals surface area contributed by atoms with Crippen LogP contribution < -0.4 is 5.32 Å². The molecule has 7 nitrogen and oxygen atoms in total. The van der Waals surface area contributed by atoms with Crippen LogP contribution >= 0.6 is 0 Å². The summed E-state index contributed by atoms with van der Waals surface area (Å²) in [6.45, 7) is 1.29. The van der Waals surface area contributed by atoms with E-state index < -0.39 is 22.3 Å². The van der Waals surface area contributed by atoms with Gasteiger partial charge in [0.05, 0.1) is 22.4 Å². The van der Waals surface area contributed by atoms with Crippen molar-refractivity contribution in [3.05, 3.63) is 51.6 Å². The Hall–Kier alpha value is -2.77. The van der Waals surface area contributed by atoms with Crippen molar-refractivity contribution in [1.29, 1.82) is 0 Å². The van der Waals surface area contributed by atoms with Crippen LogP contribution in [-0.4, -0.2) is 20.6 Å². The average Bonchev–Trinajstić information content (AvgIpc) is 2.77. The molecule has 0 aliphatic heterocycles. The van der Waals surface area contributed by atoms with Crippen molar-refractivity contribution in [3.63, 3.8) is 0 Å². The topological polar surface area (TPSA) is 90.1 Å². The average molecular weight is 278 g/mol. The lowest BCUT2D eigenvalue weighted by Crippen LogP contribution is -2.12. The summed E-state index contributed by atoms with van der Waals surface area (Å²) in [6, 6.07) is 2.01. The first kappa shape index (κ1) is 13.7. The first-order valence-corrected chi connectivity index (χ1v) is 5.63. The number of nitro groups is 1. The van der Waals surface area contributed by atoms with Gasteiger partial charge in [0, 0.05) is 24.9 Å². The Morgan fingerprint density at radius 2 is 2.20 bits per heavy atom. The molecule has 0 fully saturated rings. The van der Waals surface area contributed by atoms with Crippen LogP contribution in [0.2, 0.25) is 0 Å². The molecule has 0 radical (unpaired) electrons. The number of nitrogens with one attached hydrogen (secondary N) is 1. The second kappa shape index (κ2) is 5.08. The maximum atomic E-state index is 13.6. The molecule has 0 aliphatic rings. The van der Waals surface area contributed by atoms with E-state index in [1.807, 2.05) is 0 Å². The summed E-state index contributed by atoms with van der Waals surface area (Å²) in [4.78, 5) is 22.0. The highest BCUT2D eigenvalue weighted by molar-refractivity contribution is 6.04. The van der Waals surface area contributed by atoms with E-state index >= 15 is 0 Å². The summed E-state index contributed by atoms with van der Waals surface area (Å²) in [5.41, 5.74) is -0.237. The molecule has 8 heteroatoms. The van der Waals surface area contributed by atoms with Crippen LogP contribution in [-0.2, 0) is 7.05 Å². The maximum absolute atomic E-state index is 13.6. The molecule has 1 heterocycles. The first-order chi connectivity index (χ1) is 9.38. The van der Waals surface area contributed by atoms with Crippen LogP contribution in [0.25, 0.3) is 0 Å². The Kier molecular flexibility index (Phi) is 3.47. The number of hydrogen-bond acceptors (Lipinski definition) is 4. The second-order valence-corrected chi connectivity index (χ2v) is 4.22. The largest absolute Gasteiger partial charge is 0.319 e. The van der Waals surface area contributed by atoms with Gasteiger partial charge in [-0.2, -0.15) is 5.10 Å². The molecular formula is C12H11FN4O3. The van der Waals surface area contributed by atoms with Gasteiger partial charge < -0.3 is 5.32 Å². The SMILES string of the molecule is Cc1c(F)cc(C(=O)Nc2cnn(C)c2)cc1[N+](=O)[O-]. The van der Waals surface area contributed by atoms with Crippen LogP contribution in [0.5, 0.6) is 0 Å². The van der Waals surface area contributed by atoms with E-state index in [0.717, 1.165) is 12.1 Å². The van der Waals surface area contributed by atoms with Crippen molar-refractivity contribution in [2.45, 2.75) is 6.92 Å². The lowest BCUT2D eigenvalue weighted by Gasteiger charge is -2.05. The highest BCUT2D eigenvalue weighted by Gasteiger charge is 2.19. The quantitative estimate of drug-likeness (QED) is 0.687. The number of nitrogens with zero attached hydrogens (tertiary/aromatic N) is 3. The lowest BCUT2D eigenvalue weighted by atomic mass is 10.1. The number of nitro benzene ring substituents is 1. The number of benzene rings is 1. The van der Waals surface area contributed by atoms with Gasteiger partial charge in [-0.3, -0.25) is 19.6 Å². The molecule has 0 spiro atoms. The second-order valence-electron chi connectivity index (χ2n) is 4.22. The predicted octanol–water partition coefficient (Wildman–Crippen LogP) is 2.03. The highest BCUT2D eigenvalue weighted by atomic mass is 19.1. The third-order valence-electron chi connectivity index (χ3n) is 2.74. The fraction of sp³-hybridized carbons (Fsp3) is 0.167. The Balaban J connectivity index is 2.32. The van der Waals surface area contributed by atoms with Crippen molar-refractivity contribution in [2.24, 2.45) is 7.05 Å². The number of carbonyl (C=O) groups excluding carboxylic acids is 1. The van der Waals surface area contributed by atoms with Crippen molar-refractivity contribution < 1.29 is 14.1 Å². The third kappa shape index (κ3) is 2.63. The minimum Gasteiger partial charge on any atom is -0.319 e. The van der Waals surface area contributed by atoms with Crippen molar-refractivity contribution >= 4 is 17.3 Å². The molecule has 104 valence electrons. The smallest absolute Gasteiger partial charge is 0.276 e. The zero-order chi connectivity index (χ0) is 14.9. The van der Waals surface area contributed by atoms with Crippen LogP contribution in [0.4, 0.5) is 15.8 Å². The summed E-state index contributed by atoms with van der Waals surface area (Å²) in [5, 5.41) is 17.1. The fourth-order valence-corrected chi connectivity index (χ4v) is 1.67. The monoisotopic (exact) mass is 278 g/mol. The molecule has 0 saturated heterocycles.